The van der Waals surface area contributed by atoms with Crippen molar-refractivity contribution in [1.82, 2.24) is 0 Å². The lowest BCUT2D eigenvalue weighted by Gasteiger charge is -2.13. The number of unbranched alkanes of at least 4 members (excludes halogenated alkanes) is 3. The lowest BCUT2D eigenvalue weighted by Crippen LogP contribution is -2.15. The second-order valence-electron chi connectivity index (χ2n) is 4.57. The fraction of sp³-hybridized carbons (Fsp3) is 0.533. The minimum absolute atomic E-state index is 0.0839. The van der Waals surface area contributed by atoms with Crippen molar-refractivity contribution in [2.24, 2.45) is 0 Å². The van der Waals surface area contributed by atoms with E-state index in [2.05, 4.69) is 6.92 Å². The Morgan fingerprint density at radius 3 is 2.50 bits per heavy atom. The van der Waals surface area contributed by atoms with Crippen molar-refractivity contribution in [3.63, 3.8) is 0 Å². The SMILES string of the molecule is CCCCCCC(C)OC(=O)c1ccc(F)cc1. The largest absolute Gasteiger partial charge is 0.459 e. The Balaban J connectivity index is 2.33. The normalized spacial score (nSPS) is 12.2. The first kappa shape index (κ1) is 14.7. The molecule has 0 aliphatic heterocycles. The molecule has 0 aromatic heterocycles. The molecule has 18 heavy (non-hydrogen) atoms. The Bertz CT molecular complexity index is 359. The number of ether oxygens (including phenoxy) is 1. The molecule has 100 valence electrons. The molecule has 1 aromatic rings. The molecule has 3 heteroatoms. The van der Waals surface area contributed by atoms with Crippen molar-refractivity contribution in [1.29, 1.82) is 0 Å². The average Bonchev–Trinajstić information content (AvgIpc) is 2.35. The molecule has 0 N–H and O–H groups in total. The molecule has 0 aliphatic rings. The van der Waals surface area contributed by atoms with Crippen molar-refractivity contribution >= 4 is 5.97 Å². The number of benzene rings is 1. The second-order valence-corrected chi connectivity index (χ2v) is 4.57. The first-order valence-corrected chi connectivity index (χ1v) is 6.60. The standard InChI is InChI=1S/C15H21FO2/c1-3-4-5-6-7-12(2)18-15(17)13-8-10-14(16)11-9-13/h8-12H,3-7H2,1-2H3. The van der Waals surface area contributed by atoms with Crippen LogP contribution in [0.3, 0.4) is 0 Å². The van der Waals surface area contributed by atoms with Crippen LogP contribution in [0.1, 0.15) is 56.3 Å². The summed E-state index contributed by atoms with van der Waals surface area (Å²) in [6.07, 6.45) is 5.47. The van der Waals surface area contributed by atoms with E-state index >= 15 is 0 Å². The molecular formula is C15H21FO2. The predicted octanol–water partition coefficient (Wildman–Crippen LogP) is 4.34. The minimum atomic E-state index is -0.377. The van der Waals surface area contributed by atoms with Gasteiger partial charge < -0.3 is 4.74 Å². The molecule has 1 aromatic carbocycles. The Labute approximate surface area is 108 Å². The molecule has 1 atom stereocenters. The zero-order chi connectivity index (χ0) is 13.4. The monoisotopic (exact) mass is 252 g/mol. The maximum absolute atomic E-state index is 12.7. The number of hydrogen-bond acceptors (Lipinski definition) is 2. The molecule has 0 spiro atoms. The lowest BCUT2D eigenvalue weighted by atomic mass is 10.1. The maximum atomic E-state index is 12.7. The molecule has 0 bridgehead atoms. The van der Waals surface area contributed by atoms with Gasteiger partial charge in [0.1, 0.15) is 5.82 Å². The fourth-order valence-electron chi connectivity index (χ4n) is 1.75. The number of esters is 1. The third kappa shape index (κ3) is 5.30. The van der Waals surface area contributed by atoms with E-state index in [1.54, 1.807) is 0 Å². The topological polar surface area (TPSA) is 26.3 Å². The first-order valence-electron chi connectivity index (χ1n) is 6.60. The number of carbonyl (C=O) groups is 1. The van der Waals surface area contributed by atoms with E-state index in [1.807, 2.05) is 6.92 Å². The number of halogens is 1. The maximum Gasteiger partial charge on any atom is 0.338 e. The van der Waals surface area contributed by atoms with E-state index in [0.717, 1.165) is 12.8 Å². The van der Waals surface area contributed by atoms with Crippen LogP contribution in [0, 0.1) is 5.82 Å². The van der Waals surface area contributed by atoms with Gasteiger partial charge in [0.15, 0.2) is 0 Å². The van der Waals surface area contributed by atoms with Crippen LogP contribution in [-0.2, 0) is 4.74 Å². The molecule has 0 fully saturated rings. The fourth-order valence-corrected chi connectivity index (χ4v) is 1.75. The van der Waals surface area contributed by atoms with E-state index in [1.165, 1.54) is 43.5 Å². The minimum Gasteiger partial charge on any atom is -0.459 e. The van der Waals surface area contributed by atoms with Crippen LogP contribution >= 0.6 is 0 Å². The third-order valence-corrected chi connectivity index (χ3v) is 2.85. The average molecular weight is 252 g/mol. The summed E-state index contributed by atoms with van der Waals surface area (Å²) >= 11 is 0. The first-order chi connectivity index (χ1) is 8.63. The smallest absolute Gasteiger partial charge is 0.338 e. The molecule has 0 radical (unpaired) electrons. The molecule has 2 nitrogen and oxygen atoms in total. The predicted molar refractivity (Wildman–Crippen MR) is 70.0 cm³/mol. The van der Waals surface area contributed by atoms with Crippen molar-refractivity contribution < 1.29 is 13.9 Å². The summed E-state index contributed by atoms with van der Waals surface area (Å²) in [5.41, 5.74) is 0.400. The van der Waals surface area contributed by atoms with Gasteiger partial charge in [0, 0.05) is 0 Å². The quantitative estimate of drug-likeness (QED) is 0.533. The second kappa shape index (κ2) is 7.85. The molecule has 0 aliphatic carbocycles. The van der Waals surface area contributed by atoms with Crippen molar-refractivity contribution in [3.8, 4) is 0 Å². The molecule has 1 rings (SSSR count). The van der Waals surface area contributed by atoms with E-state index < -0.39 is 0 Å². The number of rotatable bonds is 7. The summed E-state index contributed by atoms with van der Waals surface area (Å²) in [6, 6.07) is 5.42. The van der Waals surface area contributed by atoms with Crippen LogP contribution in [0.4, 0.5) is 4.39 Å². The van der Waals surface area contributed by atoms with Crippen LogP contribution in [0.25, 0.3) is 0 Å². The lowest BCUT2D eigenvalue weighted by molar-refractivity contribution is 0.0319. The van der Waals surface area contributed by atoms with Gasteiger partial charge in [-0.3, -0.25) is 0 Å². The van der Waals surface area contributed by atoms with Gasteiger partial charge >= 0.3 is 5.97 Å². The number of carbonyl (C=O) groups excluding carboxylic acids is 1. The molecule has 0 saturated carbocycles. The highest BCUT2D eigenvalue weighted by molar-refractivity contribution is 5.89. The summed E-state index contributed by atoms with van der Waals surface area (Å²) < 4.78 is 18.0. The summed E-state index contributed by atoms with van der Waals surface area (Å²) in [5, 5.41) is 0. The molecule has 0 saturated heterocycles. The summed E-state index contributed by atoms with van der Waals surface area (Å²) in [4.78, 5) is 11.7. The molecular weight excluding hydrogens is 231 g/mol. The van der Waals surface area contributed by atoms with Crippen LogP contribution < -0.4 is 0 Å². The van der Waals surface area contributed by atoms with Gasteiger partial charge in [-0.05, 0) is 44.0 Å². The van der Waals surface area contributed by atoms with Crippen LogP contribution in [-0.4, -0.2) is 12.1 Å². The van der Waals surface area contributed by atoms with E-state index in [0.29, 0.717) is 5.56 Å². The third-order valence-electron chi connectivity index (χ3n) is 2.85. The van der Waals surface area contributed by atoms with Crippen molar-refractivity contribution in [3.05, 3.63) is 35.6 Å². The highest BCUT2D eigenvalue weighted by Gasteiger charge is 2.11. The van der Waals surface area contributed by atoms with E-state index in [4.69, 9.17) is 4.74 Å². The summed E-state index contributed by atoms with van der Waals surface area (Å²) in [5.74, 6) is -0.725. The Morgan fingerprint density at radius 1 is 1.22 bits per heavy atom. The van der Waals surface area contributed by atoms with Crippen LogP contribution in [0.15, 0.2) is 24.3 Å². The van der Waals surface area contributed by atoms with Gasteiger partial charge in [-0.15, -0.1) is 0 Å². The Morgan fingerprint density at radius 2 is 1.89 bits per heavy atom. The zero-order valence-electron chi connectivity index (χ0n) is 11.1. The highest BCUT2D eigenvalue weighted by Crippen LogP contribution is 2.11. The van der Waals surface area contributed by atoms with Crippen LogP contribution in [0.2, 0.25) is 0 Å². The van der Waals surface area contributed by atoms with Gasteiger partial charge in [0.2, 0.25) is 0 Å². The van der Waals surface area contributed by atoms with Crippen LogP contribution in [0.5, 0.6) is 0 Å². The van der Waals surface area contributed by atoms with Gasteiger partial charge in [-0.2, -0.15) is 0 Å². The van der Waals surface area contributed by atoms with Gasteiger partial charge in [0.05, 0.1) is 11.7 Å². The Kier molecular flexibility index (Phi) is 6.40. The van der Waals surface area contributed by atoms with Gasteiger partial charge in [-0.25, -0.2) is 9.18 Å². The van der Waals surface area contributed by atoms with Crippen molar-refractivity contribution in [2.45, 2.75) is 52.1 Å². The van der Waals surface area contributed by atoms with Crippen molar-refractivity contribution in [2.75, 3.05) is 0 Å². The van der Waals surface area contributed by atoms with Gasteiger partial charge in [0.25, 0.3) is 0 Å². The summed E-state index contributed by atoms with van der Waals surface area (Å²) in [7, 11) is 0. The number of hydrogen-bond donors (Lipinski definition) is 0. The molecule has 0 amide bonds. The molecule has 0 heterocycles. The van der Waals surface area contributed by atoms with Gasteiger partial charge in [-0.1, -0.05) is 26.2 Å². The zero-order valence-corrected chi connectivity index (χ0v) is 11.1. The highest BCUT2D eigenvalue weighted by atomic mass is 19.1. The Hall–Kier alpha value is -1.38. The van der Waals surface area contributed by atoms with E-state index in [-0.39, 0.29) is 17.9 Å². The molecule has 1 unspecified atom stereocenters. The van der Waals surface area contributed by atoms with E-state index in [9.17, 15) is 9.18 Å². The summed E-state index contributed by atoms with van der Waals surface area (Å²) in [6.45, 7) is 4.06.